The maximum atomic E-state index is 13.3. The summed E-state index contributed by atoms with van der Waals surface area (Å²) in [6.07, 6.45) is 1.31. The van der Waals surface area contributed by atoms with Gasteiger partial charge in [-0.3, -0.25) is 4.79 Å². The Morgan fingerprint density at radius 1 is 1.06 bits per heavy atom. The zero-order chi connectivity index (χ0) is 36.9. The van der Waals surface area contributed by atoms with Crippen molar-refractivity contribution >= 4 is 11.9 Å². The van der Waals surface area contributed by atoms with Gasteiger partial charge in [0.15, 0.2) is 0 Å². The first-order valence-corrected chi connectivity index (χ1v) is 18.3. The van der Waals surface area contributed by atoms with Crippen molar-refractivity contribution in [2.75, 3.05) is 33.3 Å². The number of amides is 1. The third-order valence-corrected chi connectivity index (χ3v) is 10.8. The van der Waals surface area contributed by atoms with Gasteiger partial charge >= 0.3 is 12.3 Å². The topological polar surface area (TPSA) is 73.3 Å². The Kier molecular flexibility index (Phi) is 14.0. The van der Waals surface area contributed by atoms with Crippen molar-refractivity contribution in [2.45, 2.75) is 119 Å². The van der Waals surface area contributed by atoms with E-state index in [0.717, 1.165) is 49.9 Å². The Balaban J connectivity index is 0.00000319. The lowest BCUT2D eigenvalue weighted by Gasteiger charge is -2.49. The summed E-state index contributed by atoms with van der Waals surface area (Å²) in [5.74, 6) is 0.634. The van der Waals surface area contributed by atoms with Gasteiger partial charge in [-0.25, -0.2) is 14.8 Å². The highest BCUT2D eigenvalue weighted by atomic mass is 19.4. The second-order valence-corrected chi connectivity index (χ2v) is 16.1. The lowest BCUT2D eigenvalue weighted by Crippen LogP contribution is -2.57. The molecule has 2 unspecified atom stereocenters. The van der Waals surface area contributed by atoms with Crippen molar-refractivity contribution in [2.24, 2.45) is 35.0 Å². The first-order valence-electron chi connectivity index (χ1n) is 18.3. The quantitative estimate of drug-likeness (QED) is 0.185. The van der Waals surface area contributed by atoms with Crippen LogP contribution in [-0.2, 0) is 22.3 Å². The summed E-state index contributed by atoms with van der Waals surface area (Å²) in [5.41, 5.74) is 0.746. The van der Waals surface area contributed by atoms with E-state index in [4.69, 9.17) is 4.74 Å². The van der Waals surface area contributed by atoms with Gasteiger partial charge in [-0.2, -0.15) is 13.2 Å². The van der Waals surface area contributed by atoms with Crippen molar-refractivity contribution in [3.8, 4) is 0 Å². The number of carbonyl (C=O) groups is 2. The molecule has 1 saturated heterocycles. The van der Waals surface area contributed by atoms with Gasteiger partial charge in [0.25, 0.3) is 0 Å². The van der Waals surface area contributed by atoms with E-state index in [1.807, 2.05) is 34.6 Å². The van der Waals surface area contributed by atoms with E-state index in [-0.39, 0.29) is 53.6 Å². The fourth-order valence-electron chi connectivity index (χ4n) is 7.50. The first kappa shape index (κ1) is 41.0. The summed E-state index contributed by atoms with van der Waals surface area (Å²) in [6.45, 7) is 20.7. The number of hydrogen-bond acceptors (Lipinski definition) is 6. The minimum Gasteiger partial charge on any atom is -0.444 e. The van der Waals surface area contributed by atoms with E-state index in [2.05, 4.69) is 50.8 Å². The van der Waals surface area contributed by atoms with Crippen LogP contribution < -0.4 is 0 Å². The predicted octanol–water partition coefficient (Wildman–Crippen LogP) is 8.61. The molecule has 2 aliphatic carbocycles. The third kappa shape index (κ3) is 10.5. The summed E-state index contributed by atoms with van der Waals surface area (Å²) >= 11 is 0. The van der Waals surface area contributed by atoms with Crippen LogP contribution in [0.15, 0.2) is 35.9 Å². The van der Waals surface area contributed by atoms with E-state index in [9.17, 15) is 27.9 Å². The minimum atomic E-state index is -4.39. The van der Waals surface area contributed by atoms with Crippen LogP contribution in [0.1, 0.15) is 106 Å². The number of nitrogens with zero attached hydrogens (tertiary/aromatic N) is 3. The maximum absolute atomic E-state index is 13.3. The molecule has 4 atom stereocenters. The smallest absolute Gasteiger partial charge is 0.416 e. The zero-order valence-corrected chi connectivity index (χ0v) is 31.6. The van der Waals surface area contributed by atoms with Crippen molar-refractivity contribution < 1.29 is 32.6 Å². The van der Waals surface area contributed by atoms with Crippen molar-refractivity contribution in [3.05, 3.63) is 47.0 Å². The molecule has 0 bridgehead atoms. The summed E-state index contributed by atoms with van der Waals surface area (Å²) in [5, 5.41) is 14.7. The molecule has 1 N–H and O–H groups in total. The summed E-state index contributed by atoms with van der Waals surface area (Å²) in [4.78, 5) is 27.4. The second-order valence-electron chi connectivity index (χ2n) is 16.1. The molecule has 3 aliphatic rings. The van der Waals surface area contributed by atoms with Crippen LogP contribution in [0, 0.1) is 35.0 Å². The van der Waals surface area contributed by atoms with Crippen LogP contribution in [0.2, 0.25) is 0 Å². The molecule has 1 aliphatic heterocycles. The van der Waals surface area contributed by atoms with Crippen LogP contribution in [0.3, 0.4) is 0 Å². The average molecular weight is 694 g/mol. The molecule has 1 aromatic carbocycles. The van der Waals surface area contributed by atoms with Gasteiger partial charge in [0, 0.05) is 58.2 Å². The fourth-order valence-corrected chi connectivity index (χ4v) is 7.50. The van der Waals surface area contributed by atoms with E-state index in [0.29, 0.717) is 32.0 Å². The molecule has 4 rings (SSSR count). The highest BCUT2D eigenvalue weighted by Crippen LogP contribution is 2.45. The molecule has 1 amide bonds. The number of ether oxygens (including phenoxy) is 1. The highest BCUT2D eigenvalue weighted by molar-refractivity contribution is 5.85. The van der Waals surface area contributed by atoms with Crippen molar-refractivity contribution in [1.82, 2.24) is 14.9 Å². The number of benzene rings is 1. The number of hydrazine groups is 1. The van der Waals surface area contributed by atoms with Gasteiger partial charge in [0.1, 0.15) is 11.4 Å². The van der Waals surface area contributed by atoms with Crippen LogP contribution in [0.4, 0.5) is 18.0 Å². The Morgan fingerprint density at radius 2 is 1.67 bits per heavy atom. The third-order valence-electron chi connectivity index (χ3n) is 10.8. The molecule has 0 radical (unpaired) electrons. The molecule has 2 fully saturated rings. The predicted molar refractivity (Wildman–Crippen MR) is 188 cm³/mol. The number of fused-ring (bicyclic) bond motifs is 1. The number of Topliss-reactive ketones (excluding diaryl/α,β-unsaturated/α-hetero) is 1. The number of carbonyl (C=O) groups excluding carboxylic acids is 2. The summed E-state index contributed by atoms with van der Waals surface area (Å²) in [7, 11) is 2.06. The number of ketones is 1. The number of hydrogen-bond donors (Lipinski definition) is 1. The Labute approximate surface area is 293 Å². The highest BCUT2D eigenvalue weighted by Gasteiger charge is 2.44. The number of likely N-dealkylation sites (tertiary alicyclic amines) is 1. The lowest BCUT2D eigenvalue weighted by atomic mass is 9.64. The summed E-state index contributed by atoms with van der Waals surface area (Å²) < 4.78 is 45.5. The maximum Gasteiger partial charge on any atom is 0.416 e. The molecule has 1 saturated carbocycles. The Morgan fingerprint density at radius 3 is 2.20 bits per heavy atom. The van der Waals surface area contributed by atoms with Gasteiger partial charge in [-0.1, -0.05) is 65.3 Å². The van der Waals surface area contributed by atoms with Crippen molar-refractivity contribution in [1.29, 1.82) is 0 Å². The molecule has 49 heavy (non-hydrogen) atoms. The zero-order valence-electron chi connectivity index (χ0n) is 31.6. The molecule has 7 nitrogen and oxygen atoms in total. The Hall–Kier alpha value is -2.43. The van der Waals surface area contributed by atoms with E-state index in [1.54, 1.807) is 17.0 Å². The van der Waals surface area contributed by atoms with Gasteiger partial charge in [-0.15, -0.1) is 0 Å². The first-order chi connectivity index (χ1) is 22.8. The monoisotopic (exact) mass is 693 g/mol. The number of alkyl halides is 3. The Bertz CT molecular complexity index is 1270. The van der Waals surface area contributed by atoms with Gasteiger partial charge in [-0.05, 0) is 93.2 Å². The molecule has 10 heteroatoms. The fraction of sp³-hybridized carbons (Fsp3) is 0.744. The minimum absolute atomic E-state index is 0.0172. The van der Waals surface area contributed by atoms with Crippen LogP contribution >= 0.6 is 0 Å². The van der Waals surface area contributed by atoms with E-state index >= 15 is 0 Å². The molecule has 1 aromatic rings. The lowest BCUT2D eigenvalue weighted by molar-refractivity contribution is -0.137. The molecule has 278 valence electrons. The molecular weight excluding hydrogens is 631 g/mol. The molecule has 1 heterocycles. The molecule has 0 spiro atoms. The second kappa shape index (κ2) is 16.7. The number of rotatable bonds is 11. The van der Waals surface area contributed by atoms with E-state index < -0.39 is 17.3 Å². The molecule has 0 aromatic heterocycles. The van der Waals surface area contributed by atoms with E-state index in [1.165, 1.54) is 5.57 Å². The normalized spacial score (nSPS) is 22.7. The average Bonchev–Trinajstić information content (AvgIpc) is 2.99. The summed E-state index contributed by atoms with van der Waals surface area (Å²) in [6, 6.07) is 5.56. The van der Waals surface area contributed by atoms with Crippen LogP contribution in [0.25, 0.3) is 0 Å². The van der Waals surface area contributed by atoms with Gasteiger partial charge < -0.3 is 14.7 Å². The van der Waals surface area contributed by atoms with Crippen LogP contribution in [0.5, 0.6) is 0 Å². The van der Waals surface area contributed by atoms with Gasteiger partial charge in [0.2, 0.25) is 0 Å². The largest absolute Gasteiger partial charge is 0.444 e. The standard InChI is InChI=1S/C37H56F3N3O4.C2H6/c1-24(2)31(23-44)33-30-15-14-29(19-26(30)11-16-32(33)45)43(20-25-9-12-27(13-10-25)37(38,39)40)41(8)18-17-36(6,7)28-21-42(22-28)34(46)47-35(3,4)5;1-2/h9-10,12-13,15,24,26,28-29,31,33,44H,11,14,16-23H2,1-8H3;1-2H3/t26-,29?,31?,33-;/m1./s1. The number of aliphatic hydroxyl groups excluding tert-OH is 1. The van der Waals surface area contributed by atoms with Crippen LogP contribution in [-0.4, -0.2) is 76.8 Å². The SMILES string of the molecule is CC.CC(C)C(CO)[C@@H]1C(=O)CC[C@@H]2CC(N(Cc3ccc(C(F)(F)F)cc3)N(C)CCC(C)(C)C3CN(C(=O)OC(C)(C)C)C3)CC=C21. The number of allylic oxidation sites excluding steroid dienone is 1. The molecular formula is C39H62F3N3O4. The van der Waals surface area contributed by atoms with Crippen molar-refractivity contribution in [3.63, 3.8) is 0 Å². The van der Waals surface area contributed by atoms with Gasteiger partial charge in [0.05, 0.1) is 5.56 Å². The number of halogens is 3. The number of aliphatic hydroxyl groups is 1.